The van der Waals surface area contributed by atoms with Gasteiger partial charge in [-0.3, -0.25) is 4.79 Å². The molecule has 9 nitrogen and oxygen atoms in total. The third kappa shape index (κ3) is 6.41. The number of ether oxygens (including phenoxy) is 2. The van der Waals surface area contributed by atoms with Crippen LogP contribution in [-0.4, -0.2) is 37.5 Å². The lowest BCUT2D eigenvalue weighted by atomic mass is 10.3. The van der Waals surface area contributed by atoms with Crippen LogP contribution < -0.4 is 19.5 Å². The van der Waals surface area contributed by atoms with Gasteiger partial charge in [-0.25, -0.2) is 23.1 Å². The molecule has 0 bridgehead atoms. The molecule has 0 saturated heterocycles. The summed E-state index contributed by atoms with van der Waals surface area (Å²) in [6, 6.07) is 14.3. The van der Waals surface area contributed by atoms with Crippen molar-refractivity contribution in [1.29, 1.82) is 0 Å². The summed E-state index contributed by atoms with van der Waals surface area (Å²) in [5.74, 6) is 0.863. The Hall–Kier alpha value is -3.66. The third-order valence-corrected chi connectivity index (χ3v) is 5.32. The molecule has 0 saturated carbocycles. The second kappa shape index (κ2) is 9.90. The number of rotatable bonds is 9. The lowest BCUT2D eigenvalue weighted by molar-refractivity contribution is -0.118. The van der Waals surface area contributed by atoms with Crippen molar-refractivity contribution in [2.45, 2.75) is 18.7 Å². The first kappa shape index (κ1) is 22.0. The molecule has 3 rings (SSSR count). The molecule has 0 unspecified atom stereocenters. The van der Waals surface area contributed by atoms with Gasteiger partial charge in [-0.1, -0.05) is 0 Å². The number of aryl methyl sites for hydroxylation is 1. The van der Waals surface area contributed by atoms with E-state index in [9.17, 15) is 13.2 Å². The minimum atomic E-state index is -3.85. The Kier molecular flexibility index (Phi) is 7.03. The summed E-state index contributed by atoms with van der Waals surface area (Å²) in [6.07, 6.45) is 1.47. The zero-order valence-corrected chi connectivity index (χ0v) is 17.8. The molecule has 0 aliphatic heterocycles. The van der Waals surface area contributed by atoms with Crippen LogP contribution in [0.2, 0.25) is 0 Å². The number of aromatic nitrogens is 2. The Morgan fingerprint density at radius 3 is 2.23 bits per heavy atom. The average molecular weight is 442 g/mol. The minimum Gasteiger partial charge on any atom is -0.494 e. The van der Waals surface area contributed by atoms with Gasteiger partial charge in [-0.2, -0.15) is 0 Å². The molecule has 0 radical (unpaired) electrons. The Labute approximate surface area is 180 Å². The van der Waals surface area contributed by atoms with Crippen LogP contribution >= 0.6 is 0 Å². The van der Waals surface area contributed by atoms with Crippen LogP contribution in [0.4, 0.5) is 11.6 Å². The number of amides is 1. The van der Waals surface area contributed by atoms with Gasteiger partial charge in [0.1, 0.15) is 11.5 Å². The Morgan fingerprint density at radius 2 is 1.61 bits per heavy atom. The molecule has 2 aromatic carbocycles. The van der Waals surface area contributed by atoms with Crippen LogP contribution in [0.25, 0.3) is 0 Å². The fraction of sp³-hybridized carbons (Fsp3) is 0.190. The number of carbonyl (C=O) groups is 1. The molecule has 0 spiro atoms. The maximum atomic E-state index is 12.5. The molecule has 162 valence electrons. The van der Waals surface area contributed by atoms with E-state index < -0.39 is 10.0 Å². The molecule has 0 aliphatic rings. The number of carbonyl (C=O) groups excluding carboxylic acids is 1. The van der Waals surface area contributed by atoms with Crippen molar-refractivity contribution in [2.24, 2.45) is 0 Å². The normalized spacial score (nSPS) is 10.9. The van der Waals surface area contributed by atoms with Gasteiger partial charge in [0, 0.05) is 17.6 Å². The largest absolute Gasteiger partial charge is 0.494 e. The van der Waals surface area contributed by atoms with E-state index in [0.29, 0.717) is 23.7 Å². The lowest BCUT2D eigenvalue weighted by Gasteiger charge is -2.10. The predicted molar refractivity (Wildman–Crippen MR) is 116 cm³/mol. The average Bonchev–Trinajstić information content (AvgIpc) is 2.73. The van der Waals surface area contributed by atoms with Crippen LogP contribution in [0.15, 0.2) is 65.7 Å². The second-order valence-electron chi connectivity index (χ2n) is 6.39. The van der Waals surface area contributed by atoms with Crippen molar-refractivity contribution in [1.82, 2.24) is 9.97 Å². The highest BCUT2D eigenvalue weighted by atomic mass is 32.2. The number of nitrogens with one attached hydrogen (secondary N) is 2. The predicted octanol–water partition coefficient (Wildman–Crippen LogP) is 3.00. The molecular formula is C21H22N4O5S. The van der Waals surface area contributed by atoms with Gasteiger partial charge < -0.3 is 14.8 Å². The molecule has 1 heterocycles. The molecule has 0 aliphatic carbocycles. The Bertz CT molecular complexity index is 1130. The van der Waals surface area contributed by atoms with Crippen LogP contribution in [-0.2, 0) is 14.8 Å². The van der Waals surface area contributed by atoms with E-state index in [1.54, 1.807) is 37.3 Å². The number of sulfonamides is 1. The first-order chi connectivity index (χ1) is 14.9. The van der Waals surface area contributed by atoms with E-state index in [-0.39, 0.29) is 23.4 Å². The highest BCUT2D eigenvalue weighted by molar-refractivity contribution is 7.92. The zero-order valence-electron chi connectivity index (χ0n) is 17.0. The third-order valence-electron chi connectivity index (χ3n) is 3.97. The Morgan fingerprint density at radius 1 is 0.968 bits per heavy atom. The van der Waals surface area contributed by atoms with Crippen molar-refractivity contribution in [3.8, 4) is 11.5 Å². The standard InChI is InChI=1S/C21H22N4O5S/c1-3-29-17-6-8-18(9-7-17)30-14-20(26)24-16-4-10-19(11-5-16)31(27,28)25-21-22-13-12-15(2)23-21/h4-13H,3,14H2,1-2H3,(H,24,26)(H,22,23,25). The molecule has 0 atom stereocenters. The Balaban J connectivity index is 1.55. The maximum Gasteiger partial charge on any atom is 0.264 e. The van der Waals surface area contributed by atoms with Gasteiger partial charge in [0.15, 0.2) is 6.61 Å². The monoisotopic (exact) mass is 442 g/mol. The van der Waals surface area contributed by atoms with E-state index in [0.717, 1.165) is 5.75 Å². The molecule has 10 heteroatoms. The first-order valence-electron chi connectivity index (χ1n) is 9.44. The number of benzene rings is 2. The summed E-state index contributed by atoms with van der Waals surface area (Å²) in [6.45, 7) is 4.00. The highest BCUT2D eigenvalue weighted by Gasteiger charge is 2.16. The molecule has 1 amide bonds. The van der Waals surface area contributed by atoms with E-state index >= 15 is 0 Å². The quantitative estimate of drug-likeness (QED) is 0.523. The van der Waals surface area contributed by atoms with Crippen molar-refractivity contribution in [2.75, 3.05) is 23.3 Å². The fourth-order valence-electron chi connectivity index (χ4n) is 2.54. The highest BCUT2D eigenvalue weighted by Crippen LogP contribution is 2.18. The first-order valence-corrected chi connectivity index (χ1v) is 10.9. The van der Waals surface area contributed by atoms with Crippen LogP contribution in [0, 0.1) is 6.92 Å². The lowest BCUT2D eigenvalue weighted by Crippen LogP contribution is -2.20. The number of hydrogen-bond acceptors (Lipinski definition) is 7. The van der Waals surface area contributed by atoms with Crippen molar-refractivity contribution >= 4 is 27.6 Å². The van der Waals surface area contributed by atoms with Crippen molar-refractivity contribution < 1.29 is 22.7 Å². The van der Waals surface area contributed by atoms with Gasteiger partial charge in [-0.05, 0) is 68.4 Å². The van der Waals surface area contributed by atoms with E-state index in [1.807, 2.05) is 6.92 Å². The smallest absolute Gasteiger partial charge is 0.264 e. The van der Waals surface area contributed by atoms with Gasteiger partial charge >= 0.3 is 0 Å². The summed E-state index contributed by atoms with van der Waals surface area (Å²) in [5, 5.41) is 2.65. The summed E-state index contributed by atoms with van der Waals surface area (Å²) in [7, 11) is -3.85. The second-order valence-corrected chi connectivity index (χ2v) is 8.08. The summed E-state index contributed by atoms with van der Waals surface area (Å²) >= 11 is 0. The maximum absolute atomic E-state index is 12.5. The molecule has 2 N–H and O–H groups in total. The molecule has 0 fully saturated rings. The van der Waals surface area contributed by atoms with Crippen molar-refractivity contribution in [3.05, 3.63) is 66.5 Å². The minimum absolute atomic E-state index is 0.0104. The number of hydrogen-bond donors (Lipinski definition) is 2. The number of nitrogens with zero attached hydrogens (tertiary/aromatic N) is 2. The summed E-state index contributed by atoms with van der Waals surface area (Å²) in [4.78, 5) is 20.0. The molecular weight excluding hydrogens is 420 g/mol. The topological polar surface area (TPSA) is 120 Å². The fourth-order valence-corrected chi connectivity index (χ4v) is 3.49. The van der Waals surface area contributed by atoms with E-state index in [2.05, 4.69) is 20.0 Å². The molecule has 1 aromatic heterocycles. The van der Waals surface area contributed by atoms with Gasteiger partial charge in [-0.15, -0.1) is 0 Å². The van der Waals surface area contributed by atoms with E-state index in [4.69, 9.17) is 9.47 Å². The van der Waals surface area contributed by atoms with E-state index in [1.165, 1.54) is 30.5 Å². The summed E-state index contributed by atoms with van der Waals surface area (Å²) < 4.78 is 38.0. The molecule has 3 aromatic rings. The number of anilines is 2. The van der Waals surface area contributed by atoms with Crippen molar-refractivity contribution in [3.63, 3.8) is 0 Å². The zero-order chi connectivity index (χ0) is 22.3. The molecule has 31 heavy (non-hydrogen) atoms. The SMILES string of the molecule is CCOc1ccc(OCC(=O)Nc2ccc(S(=O)(=O)Nc3nccc(C)n3)cc2)cc1. The van der Waals surface area contributed by atoms with Crippen LogP contribution in [0.3, 0.4) is 0 Å². The van der Waals surface area contributed by atoms with Crippen LogP contribution in [0.1, 0.15) is 12.6 Å². The summed E-state index contributed by atoms with van der Waals surface area (Å²) in [5.41, 5.74) is 1.07. The van der Waals surface area contributed by atoms with Gasteiger partial charge in [0.2, 0.25) is 5.95 Å². The van der Waals surface area contributed by atoms with Gasteiger partial charge in [0.05, 0.1) is 11.5 Å². The van der Waals surface area contributed by atoms with Crippen LogP contribution in [0.5, 0.6) is 11.5 Å². The van der Waals surface area contributed by atoms with Gasteiger partial charge in [0.25, 0.3) is 15.9 Å².